The molecule has 1 heterocycles. The number of aliphatic carboxylic acids is 1. The Bertz CT molecular complexity index is 180. The zero-order valence-corrected chi connectivity index (χ0v) is 8.49. The van der Waals surface area contributed by atoms with Crippen LogP contribution in [-0.4, -0.2) is 35.6 Å². The Hall–Kier alpha value is -0.570. The third-order valence-corrected chi connectivity index (χ3v) is 2.84. The zero-order chi connectivity index (χ0) is 9.84. The molecule has 0 unspecified atom stereocenters. The summed E-state index contributed by atoms with van der Waals surface area (Å²) in [5.41, 5.74) is 0. The van der Waals surface area contributed by atoms with Gasteiger partial charge in [-0.3, -0.25) is 9.69 Å². The number of carboxylic acids is 1. The van der Waals surface area contributed by atoms with Gasteiger partial charge in [-0.2, -0.15) is 0 Å². The molecule has 3 nitrogen and oxygen atoms in total. The molecule has 0 aromatic carbocycles. The molecular formula is C10H19NO2. The molecule has 1 aliphatic rings. The largest absolute Gasteiger partial charge is 0.480 e. The van der Waals surface area contributed by atoms with Gasteiger partial charge >= 0.3 is 5.97 Å². The smallest absolute Gasteiger partial charge is 0.317 e. The Kier molecular flexibility index (Phi) is 3.72. The minimum Gasteiger partial charge on any atom is -0.480 e. The lowest BCUT2D eigenvalue weighted by Crippen LogP contribution is -2.40. The van der Waals surface area contributed by atoms with E-state index in [9.17, 15) is 4.79 Å². The van der Waals surface area contributed by atoms with E-state index in [1.54, 1.807) is 0 Å². The monoisotopic (exact) mass is 185 g/mol. The predicted molar refractivity (Wildman–Crippen MR) is 51.6 cm³/mol. The summed E-state index contributed by atoms with van der Waals surface area (Å²) in [4.78, 5) is 12.6. The van der Waals surface area contributed by atoms with Crippen LogP contribution >= 0.6 is 0 Å². The van der Waals surface area contributed by atoms with Crippen molar-refractivity contribution >= 4 is 5.97 Å². The average Bonchev–Trinajstić information content (AvgIpc) is 2.03. The molecule has 1 fully saturated rings. The van der Waals surface area contributed by atoms with Gasteiger partial charge in [0.15, 0.2) is 0 Å². The Morgan fingerprint density at radius 2 is 2.31 bits per heavy atom. The highest BCUT2D eigenvalue weighted by Crippen LogP contribution is 2.22. The summed E-state index contributed by atoms with van der Waals surface area (Å²) in [6.07, 6.45) is 2.41. The average molecular weight is 185 g/mol. The summed E-state index contributed by atoms with van der Waals surface area (Å²) in [6.45, 7) is 6.56. The van der Waals surface area contributed by atoms with E-state index in [4.69, 9.17) is 5.11 Å². The Morgan fingerprint density at radius 1 is 1.62 bits per heavy atom. The number of carbonyl (C=O) groups is 1. The van der Waals surface area contributed by atoms with Crippen LogP contribution in [0.4, 0.5) is 0 Å². The number of hydrogen-bond donors (Lipinski definition) is 1. The Morgan fingerprint density at radius 3 is 2.85 bits per heavy atom. The van der Waals surface area contributed by atoms with E-state index in [1.165, 1.54) is 6.42 Å². The molecule has 1 N–H and O–H groups in total. The maximum Gasteiger partial charge on any atom is 0.317 e. The van der Waals surface area contributed by atoms with Crippen LogP contribution in [-0.2, 0) is 4.79 Å². The van der Waals surface area contributed by atoms with Crippen LogP contribution in [0.25, 0.3) is 0 Å². The standard InChI is InChI=1S/C10H19NO2/c1-8(2)9-4-3-5-11(6-9)7-10(12)13/h8-9H,3-7H2,1-2H3,(H,12,13)/t9-/m1/s1. The summed E-state index contributed by atoms with van der Waals surface area (Å²) < 4.78 is 0. The third kappa shape index (κ3) is 3.35. The summed E-state index contributed by atoms with van der Waals surface area (Å²) in [5, 5.41) is 8.65. The van der Waals surface area contributed by atoms with E-state index in [0.717, 1.165) is 19.5 Å². The van der Waals surface area contributed by atoms with E-state index in [0.29, 0.717) is 11.8 Å². The predicted octanol–water partition coefficient (Wildman–Crippen LogP) is 1.44. The lowest BCUT2D eigenvalue weighted by molar-refractivity contribution is -0.138. The van der Waals surface area contributed by atoms with Gasteiger partial charge in [-0.1, -0.05) is 13.8 Å². The van der Waals surface area contributed by atoms with Gasteiger partial charge in [-0.05, 0) is 31.2 Å². The first-order chi connectivity index (χ1) is 6.09. The second kappa shape index (κ2) is 4.61. The zero-order valence-electron chi connectivity index (χ0n) is 8.49. The topological polar surface area (TPSA) is 40.5 Å². The fourth-order valence-corrected chi connectivity index (χ4v) is 1.97. The number of nitrogens with zero attached hydrogens (tertiary/aromatic N) is 1. The maximum atomic E-state index is 10.5. The van der Waals surface area contributed by atoms with Crippen molar-refractivity contribution in [2.24, 2.45) is 11.8 Å². The molecule has 0 aromatic heterocycles. The van der Waals surface area contributed by atoms with E-state index in [2.05, 4.69) is 18.7 Å². The number of piperidine rings is 1. The maximum absolute atomic E-state index is 10.5. The molecule has 1 saturated heterocycles. The van der Waals surface area contributed by atoms with Gasteiger partial charge < -0.3 is 5.11 Å². The number of likely N-dealkylation sites (tertiary alicyclic amines) is 1. The van der Waals surface area contributed by atoms with Crippen LogP contribution in [0, 0.1) is 11.8 Å². The van der Waals surface area contributed by atoms with Crippen molar-refractivity contribution < 1.29 is 9.90 Å². The summed E-state index contributed by atoms with van der Waals surface area (Å²) in [7, 11) is 0. The van der Waals surface area contributed by atoms with Crippen LogP contribution < -0.4 is 0 Å². The highest BCUT2D eigenvalue weighted by atomic mass is 16.4. The van der Waals surface area contributed by atoms with E-state index >= 15 is 0 Å². The van der Waals surface area contributed by atoms with Gasteiger partial charge in [-0.15, -0.1) is 0 Å². The van der Waals surface area contributed by atoms with Crippen molar-refractivity contribution in [1.29, 1.82) is 0 Å². The van der Waals surface area contributed by atoms with Crippen LogP contribution in [0.15, 0.2) is 0 Å². The molecule has 0 saturated carbocycles. The minimum atomic E-state index is -0.704. The molecule has 1 atom stereocenters. The molecule has 76 valence electrons. The van der Waals surface area contributed by atoms with Crippen LogP contribution in [0.5, 0.6) is 0 Å². The fraction of sp³-hybridized carbons (Fsp3) is 0.900. The first kappa shape index (κ1) is 10.5. The van der Waals surface area contributed by atoms with Crippen LogP contribution in [0.1, 0.15) is 26.7 Å². The van der Waals surface area contributed by atoms with Crippen molar-refractivity contribution in [2.45, 2.75) is 26.7 Å². The van der Waals surface area contributed by atoms with E-state index < -0.39 is 5.97 Å². The summed E-state index contributed by atoms with van der Waals surface area (Å²) >= 11 is 0. The lowest BCUT2D eigenvalue weighted by atomic mass is 9.88. The number of carboxylic acid groups (broad SMARTS) is 1. The van der Waals surface area contributed by atoms with Gasteiger partial charge in [-0.25, -0.2) is 0 Å². The van der Waals surface area contributed by atoms with Crippen molar-refractivity contribution in [2.75, 3.05) is 19.6 Å². The van der Waals surface area contributed by atoms with Gasteiger partial charge in [0.2, 0.25) is 0 Å². The van der Waals surface area contributed by atoms with Crippen molar-refractivity contribution in [3.05, 3.63) is 0 Å². The molecule has 0 bridgehead atoms. The Labute approximate surface area is 79.7 Å². The van der Waals surface area contributed by atoms with Gasteiger partial charge in [0.25, 0.3) is 0 Å². The van der Waals surface area contributed by atoms with E-state index in [-0.39, 0.29) is 6.54 Å². The van der Waals surface area contributed by atoms with Crippen molar-refractivity contribution in [3.63, 3.8) is 0 Å². The van der Waals surface area contributed by atoms with Crippen LogP contribution in [0.2, 0.25) is 0 Å². The first-order valence-corrected chi connectivity index (χ1v) is 5.03. The minimum absolute atomic E-state index is 0.212. The SMILES string of the molecule is CC(C)[C@@H]1CCCN(CC(=O)O)C1. The molecule has 3 heteroatoms. The quantitative estimate of drug-likeness (QED) is 0.723. The fourth-order valence-electron chi connectivity index (χ4n) is 1.97. The number of rotatable bonds is 3. The molecule has 1 aliphatic heterocycles. The van der Waals surface area contributed by atoms with Gasteiger partial charge in [0.1, 0.15) is 0 Å². The second-order valence-electron chi connectivity index (χ2n) is 4.28. The molecule has 0 aliphatic carbocycles. The Balaban J connectivity index is 2.37. The molecule has 1 rings (SSSR count). The molecule has 0 aromatic rings. The summed E-state index contributed by atoms with van der Waals surface area (Å²) in [5.74, 6) is 0.661. The van der Waals surface area contributed by atoms with E-state index in [1.807, 2.05) is 0 Å². The highest BCUT2D eigenvalue weighted by Gasteiger charge is 2.23. The van der Waals surface area contributed by atoms with Crippen molar-refractivity contribution in [1.82, 2.24) is 4.90 Å². The highest BCUT2D eigenvalue weighted by molar-refractivity contribution is 5.69. The summed E-state index contributed by atoms with van der Waals surface area (Å²) in [6, 6.07) is 0. The van der Waals surface area contributed by atoms with Crippen molar-refractivity contribution in [3.8, 4) is 0 Å². The molecule has 0 amide bonds. The lowest BCUT2D eigenvalue weighted by Gasteiger charge is -2.33. The molecule has 0 radical (unpaired) electrons. The number of hydrogen-bond acceptors (Lipinski definition) is 2. The van der Waals surface area contributed by atoms with Gasteiger partial charge in [0, 0.05) is 6.54 Å². The van der Waals surface area contributed by atoms with Crippen LogP contribution in [0.3, 0.4) is 0 Å². The normalized spacial score (nSPS) is 25.0. The molecule has 0 spiro atoms. The third-order valence-electron chi connectivity index (χ3n) is 2.84. The first-order valence-electron chi connectivity index (χ1n) is 5.03. The van der Waals surface area contributed by atoms with Gasteiger partial charge in [0.05, 0.1) is 6.54 Å². The molecular weight excluding hydrogens is 166 g/mol. The molecule has 13 heavy (non-hydrogen) atoms. The second-order valence-corrected chi connectivity index (χ2v) is 4.28.